The molecule has 0 spiro atoms. The van der Waals surface area contributed by atoms with Crippen molar-refractivity contribution in [2.75, 3.05) is 6.54 Å². The summed E-state index contributed by atoms with van der Waals surface area (Å²) in [7, 11) is 0. The number of nitrogens with one attached hydrogen (secondary N) is 1. The SMILES string of the molecule is CC(=O)C(C)OC(=O)CNC(=O)c1ccc(Cl)cc1Cl. The number of ketones is 1. The molecule has 0 heterocycles. The van der Waals surface area contributed by atoms with Gasteiger partial charge in [-0.25, -0.2) is 0 Å². The van der Waals surface area contributed by atoms with Gasteiger partial charge in [0.1, 0.15) is 6.54 Å². The Morgan fingerprint density at radius 2 is 1.95 bits per heavy atom. The van der Waals surface area contributed by atoms with E-state index in [1.807, 2.05) is 0 Å². The Kier molecular flexibility index (Phi) is 5.98. The number of carbonyl (C=O) groups is 3. The zero-order valence-corrected chi connectivity index (χ0v) is 12.4. The summed E-state index contributed by atoms with van der Waals surface area (Å²) in [4.78, 5) is 34.1. The molecular formula is C13H13Cl2NO4. The monoisotopic (exact) mass is 317 g/mol. The maximum atomic E-state index is 11.8. The number of hydrogen-bond acceptors (Lipinski definition) is 4. The minimum Gasteiger partial charge on any atom is -0.453 e. The lowest BCUT2D eigenvalue weighted by molar-refractivity contribution is -0.152. The first kappa shape index (κ1) is 16.5. The smallest absolute Gasteiger partial charge is 0.326 e. The number of esters is 1. The zero-order chi connectivity index (χ0) is 15.3. The van der Waals surface area contributed by atoms with Crippen LogP contribution in [0.15, 0.2) is 18.2 Å². The van der Waals surface area contributed by atoms with Gasteiger partial charge in [0.2, 0.25) is 0 Å². The molecule has 1 N–H and O–H groups in total. The Hall–Kier alpha value is -1.59. The van der Waals surface area contributed by atoms with E-state index in [4.69, 9.17) is 27.9 Å². The Bertz CT molecular complexity index is 545. The van der Waals surface area contributed by atoms with Crippen LogP contribution < -0.4 is 5.32 Å². The fraction of sp³-hybridized carbons (Fsp3) is 0.308. The van der Waals surface area contributed by atoms with E-state index in [9.17, 15) is 14.4 Å². The molecule has 1 amide bonds. The Morgan fingerprint density at radius 3 is 2.50 bits per heavy atom. The third-order valence-electron chi connectivity index (χ3n) is 2.45. The molecule has 0 aromatic heterocycles. The highest BCUT2D eigenvalue weighted by atomic mass is 35.5. The molecular weight excluding hydrogens is 305 g/mol. The molecule has 0 bridgehead atoms. The molecule has 20 heavy (non-hydrogen) atoms. The lowest BCUT2D eigenvalue weighted by Gasteiger charge is -2.11. The summed E-state index contributed by atoms with van der Waals surface area (Å²) in [5, 5.41) is 2.94. The molecule has 0 aliphatic heterocycles. The average molecular weight is 318 g/mol. The number of carbonyl (C=O) groups excluding carboxylic acids is 3. The predicted octanol–water partition coefficient (Wildman–Crippen LogP) is 2.24. The van der Waals surface area contributed by atoms with Gasteiger partial charge in [0, 0.05) is 5.02 Å². The number of ether oxygens (including phenoxy) is 1. The van der Waals surface area contributed by atoms with Crippen LogP contribution in [0.5, 0.6) is 0 Å². The molecule has 0 radical (unpaired) electrons. The van der Waals surface area contributed by atoms with Crippen LogP contribution >= 0.6 is 23.2 Å². The van der Waals surface area contributed by atoms with Crippen molar-refractivity contribution in [3.63, 3.8) is 0 Å². The number of rotatable bonds is 5. The van der Waals surface area contributed by atoms with Crippen LogP contribution in [-0.4, -0.2) is 30.3 Å². The first-order valence-electron chi connectivity index (χ1n) is 5.74. The molecule has 5 nitrogen and oxygen atoms in total. The fourth-order valence-electron chi connectivity index (χ4n) is 1.24. The van der Waals surface area contributed by atoms with Crippen LogP contribution in [0.2, 0.25) is 10.0 Å². The van der Waals surface area contributed by atoms with Crippen LogP contribution in [0.25, 0.3) is 0 Å². The van der Waals surface area contributed by atoms with Gasteiger partial charge in [-0.2, -0.15) is 0 Å². The van der Waals surface area contributed by atoms with Gasteiger partial charge in [-0.1, -0.05) is 23.2 Å². The summed E-state index contributed by atoms with van der Waals surface area (Å²) in [6.45, 7) is 2.41. The molecule has 1 unspecified atom stereocenters. The molecule has 0 saturated heterocycles. The first-order chi connectivity index (χ1) is 9.31. The van der Waals surface area contributed by atoms with E-state index in [1.165, 1.54) is 32.0 Å². The number of Topliss-reactive ketones (excluding diaryl/α,β-unsaturated/α-hetero) is 1. The summed E-state index contributed by atoms with van der Waals surface area (Å²) >= 11 is 11.6. The molecule has 1 aromatic carbocycles. The maximum absolute atomic E-state index is 11.8. The third-order valence-corrected chi connectivity index (χ3v) is 3.00. The van der Waals surface area contributed by atoms with E-state index in [0.29, 0.717) is 5.02 Å². The highest BCUT2D eigenvalue weighted by Gasteiger charge is 2.16. The molecule has 108 valence electrons. The predicted molar refractivity (Wildman–Crippen MR) is 75.0 cm³/mol. The van der Waals surface area contributed by atoms with Gasteiger partial charge in [-0.15, -0.1) is 0 Å². The third kappa shape index (κ3) is 4.83. The summed E-state index contributed by atoms with van der Waals surface area (Å²) in [5.41, 5.74) is 0.198. The largest absolute Gasteiger partial charge is 0.453 e. The standard InChI is InChI=1S/C13H13Cl2NO4/c1-7(17)8(2)20-12(18)6-16-13(19)10-4-3-9(14)5-11(10)15/h3-5,8H,6H2,1-2H3,(H,16,19). The topological polar surface area (TPSA) is 72.5 Å². The molecule has 1 atom stereocenters. The molecule has 1 rings (SSSR count). The Labute approximate surface area is 126 Å². The van der Waals surface area contributed by atoms with Gasteiger partial charge in [-0.05, 0) is 32.0 Å². The van der Waals surface area contributed by atoms with Crippen molar-refractivity contribution in [1.29, 1.82) is 0 Å². The highest BCUT2D eigenvalue weighted by Crippen LogP contribution is 2.20. The summed E-state index contributed by atoms with van der Waals surface area (Å²) in [6.07, 6.45) is -0.835. The van der Waals surface area contributed by atoms with Crippen molar-refractivity contribution >= 4 is 40.9 Å². The second-order valence-electron chi connectivity index (χ2n) is 4.05. The van der Waals surface area contributed by atoms with E-state index in [2.05, 4.69) is 5.32 Å². The average Bonchev–Trinajstić information content (AvgIpc) is 2.35. The molecule has 0 fully saturated rings. The van der Waals surface area contributed by atoms with Crippen molar-refractivity contribution in [1.82, 2.24) is 5.32 Å². The summed E-state index contributed by atoms with van der Waals surface area (Å²) in [5.74, 6) is -1.50. The molecule has 0 aliphatic carbocycles. The molecule has 0 aliphatic rings. The van der Waals surface area contributed by atoms with Crippen LogP contribution in [0.3, 0.4) is 0 Å². The molecule has 0 saturated carbocycles. The van der Waals surface area contributed by atoms with Crippen molar-refractivity contribution in [3.05, 3.63) is 33.8 Å². The van der Waals surface area contributed by atoms with Crippen LogP contribution in [0.1, 0.15) is 24.2 Å². The number of halogens is 2. The van der Waals surface area contributed by atoms with Gasteiger partial charge < -0.3 is 10.1 Å². The van der Waals surface area contributed by atoms with Gasteiger partial charge >= 0.3 is 5.97 Å². The van der Waals surface area contributed by atoms with E-state index >= 15 is 0 Å². The molecule has 7 heteroatoms. The van der Waals surface area contributed by atoms with Gasteiger partial charge in [0.25, 0.3) is 5.91 Å². The van der Waals surface area contributed by atoms with Crippen molar-refractivity contribution in [3.8, 4) is 0 Å². The van der Waals surface area contributed by atoms with Crippen molar-refractivity contribution < 1.29 is 19.1 Å². The minimum absolute atomic E-state index is 0.181. The van der Waals surface area contributed by atoms with E-state index < -0.39 is 18.0 Å². The molecule has 1 aromatic rings. The summed E-state index contributed by atoms with van der Waals surface area (Å²) < 4.78 is 4.79. The Balaban J connectivity index is 2.55. The quantitative estimate of drug-likeness (QED) is 0.845. The lowest BCUT2D eigenvalue weighted by Crippen LogP contribution is -2.33. The maximum Gasteiger partial charge on any atom is 0.326 e. The van der Waals surface area contributed by atoms with Crippen LogP contribution in [0, 0.1) is 0 Å². The van der Waals surface area contributed by atoms with Gasteiger partial charge in [0.05, 0.1) is 10.6 Å². The minimum atomic E-state index is -0.835. The van der Waals surface area contributed by atoms with Gasteiger partial charge in [-0.3, -0.25) is 14.4 Å². The van der Waals surface area contributed by atoms with Crippen LogP contribution in [-0.2, 0) is 14.3 Å². The second kappa shape index (κ2) is 7.26. The number of hydrogen-bond donors (Lipinski definition) is 1. The van der Waals surface area contributed by atoms with Crippen molar-refractivity contribution in [2.24, 2.45) is 0 Å². The van der Waals surface area contributed by atoms with Crippen molar-refractivity contribution in [2.45, 2.75) is 20.0 Å². The lowest BCUT2D eigenvalue weighted by atomic mass is 10.2. The first-order valence-corrected chi connectivity index (χ1v) is 6.50. The van der Waals surface area contributed by atoms with E-state index in [0.717, 1.165) is 0 Å². The van der Waals surface area contributed by atoms with E-state index in [1.54, 1.807) is 0 Å². The zero-order valence-electron chi connectivity index (χ0n) is 10.9. The number of amides is 1. The normalized spacial score (nSPS) is 11.6. The Morgan fingerprint density at radius 1 is 1.30 bits per heavy atom. The second-order valence-corrected chi connectivity index (χ2v) is 4.89. The van der Waals surface area contributed by atoms with Gasteiger partial charge in [0.15, 0.2) is 11.9 Å². The van der Waals surface area contributed by atoms with Crippen LogP contribution in [0.4, 0.5) is 0 Å². The summed E-state index contributed by atoms with van der Waals surface area (Å²) in [6, 6.07) is 4.39. The number of benzene rings is 1. The highest BCUT2D eigenvalue weighted by molar-refractivity contribution is 6.36. The fourth-order valence-corrected chi connectivity index (χ4v) is 1.74. The van der Waals surface area contributed by atoms with E-state index in [-0.39, 0.29) is 22.9 Å².